The van der Waals surface area contributed by atoms with E-state index in [1.165, 1.54) is 57.8 Å². The normalized spacial score (nSPS) is 19.9. The zero-order valence-electron chi connectivity index (χ0n) is 15.0. The molecule has 0 heterocycles. The zero-order chi connectivity index (χ0) is 15.5. The molecule has 1 N–H and O–H groups in total. The Labute approximate surface area is 133 Å². The number of rotatable bonds is 11. The van der Waals surface area contributed by atoms with Gasteiger partial charge < -0.3 is 10.1 Å². The highest BCUT2D eigenvalue weighted by molar-refractivity contribution is 4.86. The molecule has 1 fully saturated rings. The van der Waals surface area contributed by atoms with E-state index < -0.39 is 0 Å². The monoisotopic (exact) mass is 297 g/mol. The van der Waals surface area contributed by atoms with Crippen LogP contribution in [0.3, 0.4) is 0 Å². The Morgan fingerprint density at radius 1 is 1.00 bits per heavy atom. The summed E-state index contributed by atoms with van der Waals surface area (Å²) in [6.07, 6.45) is 12.5. The van der Waals surface area contributed by atoms with Crippen molar-refractivity contribution in [2.75, 3.05) is 13.2 Å². The van der Waals surface area contributed by atoms with E-state index in [0.717, 1.165) is 25.0 Å². The van der Waals surface area contributed by atoms with Gasteiger partial charge in [0.05, 0.1) is 6.10 Å². The molecule has 1 saturated carbocycles. The first kappa shape index (κ1) is 19.0. The highest BCUT2D eigenvalue weighted by Crippen LogP contribution is 2.31. The van der Waals surface area contributed by atoms with Crippen LogP contribution in [-0.2, 0) is 4.74 Å². The molecule has 2 nitrogen and oxygen atoms in total. The molecule has 0 bridgehead atoms. The van der Waals surface area contributed by atoms with Gasteiger partial charge >= 0.3 is 0 Å². The van der Waals surface area contributed by atoms with Crippen molar-refractivity contribution in [2.24, 2.45) is 11.8 Å². The molecule has 2 atom stereocenters. The van der Waals surface area contributed by atoms with Gasteiger partial charge in [-0.1, -0.05) is 52.9 Å². The molecule has 126 valence electrons. The third-order valence-corrected chi connectivity index (χ3v) is 5.27. The highest BCUT2D eigenvalue weighted by Gasteiger charge is 2.31. The summed E-state index contributed by atoms with van der Waals surface area (Å²) in [6, 6.07) is 0.554. The highest BCUT2D eigenvalue weighted by atomic mass is 16.5. The van der Waals surface area contributed by atoms with Gasteiger partial charge in [-0.15, -0.1) is 0 Å². The van der Waals surface area contributed by atoms with Gasteiger partial charge in [-0.05, 0) is 51.0 Å². The standard InChI is InChI=1S/C19H39NO/c1-5-14-20-18(15-16(6-2)7-3)19(21-8-4)17-12-10-9-11-13-17/h16-20H,5-15H2,1-4H3. The molecule has 0 amide bonds. The lowest BCUT2D eigenvalue weighted by molar-refractivity contribution is -0.0229. The molecule has 1 rings (SSSR count). The van der Waals surface area contributed by atoms with Crippen molar-refractivity contribution < 1.29 is 4.74 Å². The topological polar surface area (TPSA) is 21.3 Å². The van der Waals surface area contributed by atoms with Crippen LogP contribution in [0.25, 0.3) is 0 Å². The predicted octanol–water partition coefficient (Wildman–Crippen LogP) is 5.17. The van der Waals surface area contributed by atoms with Crippen LogP contribution in [-0.4, -0.2) is 25.3 Å². The molecule has 0 saturated heterocycles. The minimum Gasteiger partial charge on any atom is -0.377 e. The Hall–Kier alpha value is -0.0800. The first-order valence-electron chi connectivity index (χ1n) is 9.61. The summed E-state index contributed by atoms with van der Waals surface area (Å²) >= 11 is 0. The molecule has 1 aliphatic carbocycles. The molecular weight excluding hydrogens is 258 g/mol. The van der Waals surface area contributed by atoms with Crippen molar-refractivity contribution in [3.05, 3.63) is 0 Å². The van der Waals surface area contributed by atoms with Gasteiger partial charge in [-0.3, -0.25) is 0 Å². The summed E-state index contributed by atoms with van der Waals surface area (Å²) in [7, 11) is 0. The molecule has 0 aromatic carbocycles. The first-order chi connectivity index (χ1) is 10.3. The maximum absolute atomic E-state index is 6.27. The lowest BCUT2D eigenvalue weighted by atomic mass is 9.79. The second-order valence-corrected chi connectivity index (χ2v) is 6.80. The Kier molecular flexibility index (Phi) is 10.4. The van der Waals surface area contributed by atoms with Crippen molar-refractivity contribution in [1.82, 2.24) is 5.32 Å². The molecular formula is C19H39NO. The molecule has 0 spiro atoms. The second-order valence-electron chi connectivity index (χ2n) is 6.80. The lowest BCUT2D eigenvalue weighted by Gasteiger charge is -2.37. The van der Waals surface area contributed by atoms with Crippen LogP contribution in [0.1, 0.15) is 85.5 Å². The molecule has 2 heteroatoms. The van der Waals surface area contributed by atoms with Gasteiger partial charge in [-0.2, -0.15) is 0 Å². The van der Waals surface area contributed by atoms with Crippen molar-refractivity contribution in [1.29, 1.82) is 0 Å². The van der Waals surface area contributed by atoms with Crippen LogP contribution in [0.4, 0.5) is 0 Å². The largest absolute Gasteiger partial charge is 0.377 e. The number of hydrogen-bond acceptors (Lipinski definition) is 2. The summed E-state index contributed by atoms with van der Waals surface area (Å²) in [5.41, 5.74) is 0. The van der Waals surface area contributed by atoms with Gasteiger partial charge in [0, 0.05) is 12.6 Å². The van der Waals surface area contributed by atoms with Crippen molar-refractivity contribution in [3.63, 3.8) is 0 Å². The SMILES string of the molecule is CCCNC(CC(CC)CC)C(OCC)C1CCCCC1. The van der Waals surface area contributed by atoms with Crippen molar-refractivity contribution in [3.8, 4) is 0 Å². The van der Waals surface area contributed by atoms with Gasteiger partial charge in [-0.25, -0.2) is 0 Å². The average Bonchev–Trinajstić information content (AvgIpc) is 2.54. The fourth-order valence-corrected chi connectivity index (χ4v) is 3.88. The minimum absolute atomic E-state index is 0.433. The number of nitrogens with one attached hydrogen (secondary N) is 1. The average molecular weight is 298 g/mol. The third-order valence-electron chi connectivity index (χ3n) is 5.27. The summed E-state index contributed by atoms with van der Waals surface area (Å²) in [4.78, 5) is 0. The molecule has 2 unspecified atom stereocenters. The Morgan fingerprint density at radius 2 is 1.67 bits per heavy atom. The van der Waals surface area contributed by atoms with Crippen molar-refractivity contribution in [2.45, 2.75) is 97.6 Å². The maximum atomic E-state index is 6.27. The zero-order valence-corrected chi connectivity index (χ0v) is 15.0. The van der Waals surface area contributed by atoms with Crippen LogP contribution < -0.4 is 5.32 Å². The third kappa shape index (κ3) is 6.69. The van der Waals surface area contributed by atoms with E-state index in [9.17, 15) is 0 Å². The van der Waals surface area contributed by atoms with Crippen LogP contribution >= 0.6 is 0 Å². The number of ether oxygens (including phenoxy) is 1. The van der Waals surface area contributed by atoms with E-state index in [0.29, 0.717) is 12.1 Å². The van der Waals surface area contributed by atoms with E-state index in [1.54, 1.807) is 0 Å². The Morgan fingerprint density at radius 3 is 2.19 bits per heavy atom. The summed E-state index contributed by atoms with van der Waals surface area (Å²) in [5, 5.41) is 3.83. The smallest absolute Gasteiger partial charge is 0.0756 e. The predicted molar refractivity (Wildman–Crippen MR) is 92.8 cm³/mol. The van der Waals surface area contributed by atoms with Crippen LogP contribution in [0.2, 0.25) is 0 Å². The van der Waals surface area contributed by atoms with Gasteiger partial charge in [0.1, 0.15) is 0 Å². The molecule has 0 radical (unpaired) electrons. The molecule has 0 aromatic rings. The lowest BCUT2D eigenvalue weighted by Crippen LogP contribution is -2.47. The fourth-order valence-electron chi connectivity index (χ4n) is 3.88. The molecule has 1 aliphatic rings. The van der Waals surface area contributed by atoms with Gasteiger partial charge in [0.15, 0.2) is 0 Å². The maximum Gasteiger partial charge on any atom is 0.0756 e. The number of hydrogen-bond donors (Lipinski definition) is 1. The van der Waals surface area contributed by atoms with Crippen LogP contribution in [0.5, 0.6) is 0 Å². The van der Waals surface area contributed by atoms with E-state index >= 15 is 0 Å². The Balaban J connectivity index is 2.71. The quantitative estimate of drug-likeness (QED) is 0.568. The summed E-state index contributed by atoms with van der Waals surface area (Å²) in [6.45, 7) is 11.1. The second kappa shape index (κ2) is 11.5. The van der Waals surface area contributed by atoms with E-state index in [-0.39, 0.29) is 0 Å². The molecule has 21 heavy (non-hydrogen) atoms. The van der Waals surface area contributed by atoms with Crippen LogP contribution in [0, 0.1) is 11.8 Å². The minimum atomic E-state index is 0.433. The van der Waals surface area contributed by atoms with Gasteiger partial charge in [0.25, 0.3) is 0 Å². The summed E-state index contributed by atoms with van der Waals surface area (Å²) < 4.78 is 6.27. The molecule has 0 aliphatic heterocycles. The van der Waals surface area contributed by atoms with Crippen molar-refractivity contribution >= 4 is 0 Å². The van der Waals surface area contributed by atoms with Crippen LogP contribution in [0.15, 0.2) is 0 Å². The van der Waals surface area contributed by atoms with E-state index in [1.807, 2.05) is 0 Å². The summed E-state index contributed by atoms with van der Waals surface area (Å²) in [5.74, 6) is 1.62. The fraction of sp³-hybridized carbons (Fsp3) is 1.00. The van der Waals surface area contributed by atoms with Gasteiger partial charge in [0.2, 0.25) is 0 Å². The van der Waals surface area contributed by atoms with E-state index in [2.05, 4.69) is 33.0 Å². The first-order valence-corrected chi connectivity index (χ1v) is 9.61. The van der Waals surface area contributed by atoms with E-state index in [4.69, 9.17) is 4.74 Å². The Bertz CT molecular complexity index is 234. The molecule has 0 aromatic heterocycles.